The van der Waals surface area contributed by atoms with Crippen molar-refractivity contribution in [3.05, 3.63) is 64.9 Å². The first kappa shape index (κ1) is 20.1. The molecule has 0 saturated heterocycles. The van der Waals surface area contributed by atoms with Crippen LogP contribution in [0, 0.1) is 0 Å². The summed E-state index contributed by atoms with van der Waals surface area (Å²) in [6, 6.07) is 11.7. The van der Waals surface area contributed by atoms with E-state index >= 15 is 0 Å². The molecule has 0 atom stereocenters. The van der Waals surface area contributed by atoms with Crippen molar-refractivity contribution >= 4 is 21.6 Å². The van der Waals surface area contributed by atoms with Crippen LogP contribution in [0.1, 0.15) is 17.0 Å². The summed E-state index contributed by atoms with van der Waals surface area (Å²) in [5.41, 5.74) is 4.82. The zero-order valence-corrected chi connectivity index (χ0v) is 17.8. The molecule has 6 nitrogen and oxygen atoms in total. The van der Waals surface area contributed by atoms with E-state index in [1.807, 2.05) is 42.6 Å². The van der Waals surface area contributed by atoms with Crippen LogP contribution in [0.2, 0.25) is 0 Å². The van der Waals surface area contributed by atoms with E-state index in [2.05, 4.69) is 10.4 Å². The molecule has 30 heavy (non-hydrogen) atoms. The molecule has 2 aromatic heterocycles. The van der Waals surface area contributed by atoms with Crippen molar-refractivity contribution in [1.82, 2.24) is 9.97 Å². The first-order valence-electron chi connectivity index (χ1n) is 9.39. The van der Waals surface area contributed by atoms with E-state index in [1.165, 1.54) is 0 Å². The number of hydrogen-bond acceptors (Lipinski definition) is 7. The van der Waals surface area contributed by atoms with E-state index in [0.717, 1.165) is 32.5 Å². The number of fused-ring (bicyclic) bond motifs is 1. The topological polar surface area (TPSA) is 73.7 Å². The van der Waals surface area contributed by atoms with Crippen LogP contribution in [0.4, 0.5) is 0 Å². The van der Waals surface area contributed by atoms with Crippen molar-refractivity contribution < 1.29 is 19.3 Å². The van der Waals surface area contributed by atoms with Gasteiger partial charge in [-0.1, -0.05) is 18.2 Å². The third-order valence-electron chi connectivity index (χ3n) is 4.87. The lowest BCUT2D eigenvalue weighted by molar-refractivity contribution is 0.282. The fourth-order valence-corrected chi connectivity index (χ4v) is 4.29. The van der Waals surface area contributed by atoms with Crippen LogP contribution in [0.15, 0.2) is 48.0 Å². The maximum absolute atomic E-state index is 9.45. The molecule has 154 valence electrons. The van der Waals surface area contributed by atoms with Gasteiger partial charge in [0.05, 0.1) is 38.2 Å². The van der Waals surface area contributed by atoms with Gasteiger partial charge in [-0.15, -0.1) is 11.3 Å². The Kier molecular flexibility index (Phi) is 5.83. The number of hydrogen-bond donors (Lipinski definition) is 1. The Morgan fingerprint density at radius 2 is 1.73 bits per heavy atom. The molecule has 2 aromatic carbocycles. The molecule has 0 unspecified atom stereocenters. The molecule has 0 aliphatic heterocycles. The number of nitrogens with zero attached hydrogens (tertiary/aromatic N) is 2. The van der Waals surface area contributed by atoms with Gasteiger partial charge in [0, 0.05) is 23.6 Å². The number of methoxy groups -OCH3 is 3. The van der Waals surface area contributed by atoms with Crippen LogP contribution < -0.4 is 14.2 Å². The molecule has 0 bridgehead atoms. The Labute approximate surface area is 178 Å². The number of aromatic nitrogens is 2. The lowest BCUT2D eigenvalue weighted by Crippen LogP contribution is -2.00. The van der Waals surface area contributed by atoms with Crippen LogP contribution in [-0.2, 0) is 13.0 Å². The van der Waals surface area contributed by atoms with Gasteiger partial charge < -0.3 is 19.3 Å². The number of benzene rings is 2. The van der Waals surface area contributed by atoms with Crippen LogP contribution in [-0.4, -0.2) is 36.4 Å². The number of aliphatic hydroxyl groups is 1. The molecular formula is C23H22N2O4S. The molecule has 0 saturated carbocycles. The van der Waals surface area contributed by atoms with Crippen molar-refractivity contribution in [2.75, 3.05) is 21.3 Å². The van der Waals surface area contributed by atoms with E-state index in [-0.39, 0.29) is 6.61 Å². The third kappa shape index (κ3) is 3.81. The summed E-state index contributed by atoms with van der Waals surface area (Å²) in [6.07, 6.45) is 2.39. The minimum Gasteiger partial charge on any atom is -0.493 e. The highest BCUT2D eigenvalue weighted by Gasteiger charge is 2.15. The summed E-state index contributed by atoms with van der Waals surface area (Å²) in [7, 11) is 4.78. The minimum atomic E-state index is 0.0112. The number of thiophene rings is 1. The Balaban J connectivity index is 1.72. The fraction of sp³-hybridized carbons (Fsp3) is 0.217. The minimum absolute atomic E-state index is 0.0112. The Bertz CT molecular complexity index is 1160. The molecule has 7 heteroatoms. The summed E-state index contributed by atoms with van der Waals surface area (Å²) < 4.78 is 17.3. The SMILES string of the molecule is COc1cc(Cc2ncc3scc(-c4cccc(CO)c4)c3n2)cc(OC)c1OC. The number of aliphatic hydroxyl groups excluding tert-OH is 1. The summed E-state index contributed by atoms with van der Waals surface area (Å²) in [5, 5.41) is 11.5. The quantitative estimate of drug-likeness (QED) is 0.474. The van der Waals surface area contributed by atoms with Crippen molar-refractivity contribution in [2.24, 2.45) is 0 Å². The van der Waals surface area contributed by atoms with E-state index in [1.54, 1.807) is 32.7 Å². The maximum Gasteiger partial charge on any atom is 0.203 e. The summed E-state index contributed by atoms with van der Waals surface area (Å²) in [6.45, 7) is 0.0112. The average Bonchev–Trinajstić information content (AvgIpc) is 3.21. The largest absolute Gasteiger partial charge is 0.493 e. The highest BCUT2D eigenvalue weighted by atomic mass is 32.1. The van der Waals surface area contributed by atoms with E-state index in [0.29, 0.717) is 29.5 Å². The molecule has 2 heterocycles. The fourth-order valence-electron chi connectivity index (χ4n) is 3.41. The molecular weight excluding hydrogens is 400 g/mol. The van der Waals surface area contributed by atoms with Gasteiger partial charge in [-0.3, -0.25) is 0 Å². The second-order valence-corrected chi connectivity index (χ2v) is 7.63. The summed E-state index contributed by atoms with van der Waals surface area (Å²) in [4.78, 5) is 9.38. The predicted octanol–water partition coefficient (Wildman–Crippen LogP) is 4.47. The second-order valence-electron chi connectivity index (χ2n) is 6.72. The lowest BCUT2D eigenvalue weighted by Gasteiger charge is -2.14. The molecule has 0 amide bonds. The molecule has 0 fully saturated rings. The zero-order chi connectivity index (χ0) is 21.1. The highest BCUT2D eigenvalue weighted by Crippen LogP contribution is 2.39. The Hall–Kier alpha value is -3.16. The molecule has 4 rings (SSSR count). The maximum atomic E-state index is 9.45. The molecule has 0 aliphatic carbocycles. The monoisotopic (exact) mass is 422 g/mol. The molecule has 1 N–H and O–H groups in total. The smallest absolute Gasteiger partial charge is 0.203 e. The van der Waals surface area contributed by atoms with Gasteiger partial charge in [0.25, 0.3) is 0 Å². The van der Waals surface area contributed by atoms with Gasteiger partial charge in [-0.05, 0) is 34.9 Å². The normalized spacial score (nSPS) is 10.9. The first-order chi connectivity index (χ1) is 14.7. The summed E-state index contributed by atoms with van der Waals surface area (Å²) >= 11 is 1.61. The van der Waals surface area contributed by atoms with E-state index in [9.17, 15) is 5.11 Å². The molecule has 0 spiro atoms. The van der Waals surface area contributed by atoms with Crippen molar-refractivity contribution in [3.63, 3.8) is 0 Å². The zero-order valence-electron chi connectivity index (χ0n) is 17.0. The van der Waals surface area contributed by atoms with Crippen molar-refractivity contribution in [3.8, 4) is 28.4 Å². The Morgan fingerprint density at radius 1 is 0.967 bits per heavy atom. The van der Waals surface area contributed by atoms with Gasteiger partial charge in [-0.2, -0.15) is 0 Å². The molecule has 0 aliphatic rings. The van der Waals surface area contributed by atoms with E-state index in [4.69, 9.17) is 19.2 Å². The van der Waals surface area contributed by atoms with Gasteiger partial charge >= 0.3 is 0 Å². The number of ether oxygens (including phenoxy) is 3. The lowest BCUT2D eigenvalue weighted by atomic mass is 10.0. The second kappa shape index (κ2) is 8.69. The summed E-state index contributed by atoms with van der Waals surface area (Å²) in [5.74, 6) is 2.47. The van der Waals surface area contributed by atoms with Gasteiger partial charge in [0.15, 0.2) is 11.5 Å². The van der Waals surface area contributed by atoms with Crippen LogP contribution in [0.5, 0.6) is 17.2 Å². The van der Waals surface area contributed by atoms with E-state index < -0.39 is 0 Å². The van der Waals surface area contributed by atoms with Crippen molar-refractivity contribution in [1.29, 1.82) is 0 Å². The Morgan fingerprint density at radius 3 is 2.40 bits per heavy atom. The van der Waals surface area contributed by atoms with Crippen LogP contribution >= 0.6 is 11.3 Å². The highest BCUT2D eigenvalue weighted by molar-refractivity contribution is 7.17. The van der Waals surface area contributed by atoms with Gasteiger partial charge in [0.2, 0.25) is 5.75 Å². The number of rotatable bonds is 7. The standard InChI is InChI=1S/C23H22N2O4S/c1-27-18-8-15(9-19(28-2)23(18)29-3)10-21-24-11-20-22(25-21)17(13-30-20)16-6-4-5-14(7-16)12-26/h4-9,11,13,26H,10,12H2,1-3H3. The third-order valence-corrected chi connectivity index (χ3v) is 5.78. The van der Waals surface area contributed by atoms with Crippen LogP contribution in [0.25, 0.3) is 21.3 Å². The molecule has 4 aromatic rings. The van der Waals surface area contributed by atoms with Gasteiger partial charge in [0.1, 0.15) is 5.82 Å². The molecule has 0 radical (unpaired) electrons. The average molecular weight is 423 g/mol. The van der Waals surface area contributed by atoms with Crippen molar-refractivity contribution in [2.45, 2.75) is 13.0 Å². The first-order valence-corrected chi connectivity index (χ1v) is 10.3. The van der Waals surface area contributed by atoms with Gasteiger partial charge in [-0.25, -0.2) is 9.97 Å². The van der Waals surface area contributed by atoms with Crippen LogP contribution in [0.3, 0.4) is 0 Å². The predicted molar refractivity (Wildman–Crippen MR) is 118 cm³/mol.